The number of nitrogens with one attached hydrogen (secondary N) is 1. The number of carbonyl (C=O) groups is 2. The van der Waals surface area contributed by atoms with Crippen LogP contribution in [0, 0.1) is 0 Å². The predicted octanol–water partition coefficient (Wildman–Crippen LogP) is 1.04. The zero-order valence-electron chi connectivity index (χ0n) is 15.2. The van der Waals surface area contributed by atoms with Gasteiger partial charge in [-0.05, 0) is 25.3 Å². The fourth-order valence-corrected chi connectivity index (χ4v) is 4.03. The minimum atomic E-state index is -0.232. The molecule has 2 aliphatic rings. The molecule has 8 nitrogen and oxygen atoms in total. The molecule has 1 N–H and O–H groups in total. The van der Waals surface area contributed by atoms with Crippen molar-refractivity contribution in [3.05, 3.63) is 35.7 Å². The number of rotatable bonds is 3. The Hall–Kier alpha value is -2.64. The number of likely N-dealkylation sites (N-methyl/N-ethyl adjacent to an activating group) is 1. The van der Waals surface area contributed by atoms with Gasteiger partial charge in [-0.25, -0.2) is 4.98 Å². The van der Waals surface area contributed by atoms with Gasteiger partial charge >= 0.3 is 0 Å². The number of fused-ring (bicyclic) bond motifs is 1. The molecule has 2 amide bonds. The molecule has 0 unspecified atom stereocenters. The minimum absolute atomic E-state index is 0.0826. The van der Waals surface area contributed by atoms with E-state index in [0.717, 1.165) is 37.3 Å². The van der Waals surface area contributed by atoms with E-state index >= 15 is 0 Å². The summed E-state index contributed by atoms with van der Waals surface area (Å²) in [7, 11) is 3.64. The third-order valence-corrected chi connectivity index (χ3v) is 5.48. The molecule has 4 heterocycles. The Bertz CT molecular complexity index is 815. The van der Waals surface area contributed by atoms with E-state index in [1.807, 2.05) is 19.3 Å². The third-order valence-electron chi connectivity index (χ3n) is 5.48. The molecule has 0 aromatic carbocycles. The number of nitrogens with zero attached hydrogens (tertiary/aromatic N) is 5. The number of aromatic nitrogens is 4. The Balaban J connectivity index is 1.57. The summed E-state index contributed by atoms with van der Waals surface area (Å²) in [6, 6.07) is 1.50. The lowest BCUT2D eigenvalue weighted by Gasteiger charge is -2.39. The molecule has 2 atom stereocenters. The molecule has 0 saturated carbocycles. The van der Waals surface area contributed by atoms with E-state index in [2.05, 4.69) is 20.0 Å². The lowest BCUT2D eigenvalue weighted by molar-refractivity contribution is -0.136. The molecule has 138 valence electrons. The fraction of sp³-hybridized carbons (Fsp3) is 0.556. The van der Waals surface area contributed by atoms with E-state index in [-0.39, 0.29) is 23.9 Å². The van der Waals surface area contributed by atoms with Gasteiger partial charge in [0.15, 0.2) is 0 Å². The van der Waals surface area contributed by atoms with E-state index in [1.54, 1.807) is 22.8 Å². The van der Waals surface area contributed by atoms with Crippen LogP contribution in [0.3, 0.4) is 0 Å². The number of amides is 2. The van der Waals surface area contributed by atoms with Gasteiger partial charge < -0.3 is 14.8 Å². The van der Waals surface area contributed by atoms with Gasteiger partial charge in [-0.1, -0.05) is 0 Å². The first kappa shape index (κ1) is 16.8. The predicted molar refractivity (Wildman–Crippen MR) is 94.4 cm³/mol. The first-order valence-electron chi connectivity index (χ1n) is 9.15. The summed E-state index contributed by atoms with van der Waals surface area (Å²) in [5.74, 6) is 0.895. The monoisotopic (exact) mass is 356 g/mol. The molecular formula is C18H24N6O2. The van der Waals surface area contributed by atoms with Crippen molar-refractivity contribution in [1.82, 2.24) is 29.5 Å². The van der Waals surface area contributed by atoms with Crippen molar-refractivity contribution < 1.29 is 9.59 Å². The van der Waals surface area contributed by atoms with Crippen LogP contribution in [0.2, 0.25) is 0 Å². The van der Waals surface area contributed by atoms with Crippen molar-refractivity contribution in [3.63, 3.8) is 0 Å². The molecule has 26 heavy (non-hydrogen) atoms. The van der Waals surface area contributed by atoms with Gasteiger partial charge in [0.25, 0.3) is 5.91 Å². The fourth-order valence-electron chi connectivity index (χ4n) is 4.03. The van der Waals surface area contributed by atoms with E-state index < -0.39 is 0 Å². The summed E-state index contributed by atoms with van der Waals surface area (Å²) in [5.41, 5.74) is 1.38. The van der Waals surface area contributed by atoms with Crippen LogP contribution in [0.25, 0.3) is 0 Å². The second-order valence-corrected chi connectivity index (χ2v) is 7.14. The van der Waals surface area contributed by atoms with Crippen LogP contribution >= 0.6 is 0 Å². The Morgan fingerprint density at radius 3 is 2.85 bits per heavy atom. The van der Waals surface area contributed by atoms with E-state index in [0.29, 0.717) is 18.5 Å². The number of likely N-dealkylation sites (tertiary alicyclic amines) is 1. The first-order chi connectivity index (χ1) is 12.5. The smallest absolute Gasteiger partial charge is 0.271 e. The Labute approximate surface area is 152 Å². The highest BCUT2D eigenvalue weighted by molar-refractivity contribution is 5.92. The van der Waals surface area contributed by atoms with Crippen molar-refractivity contribution in [1.29, 1.82) is 0 Å². The maximum absolute atomic E-state index is 12.8. The van der Waals surface area contributed by atoms with Gasteiger partial charge in [0, 0.05) is 45.9 Å². The van der Waals surface area contributed by atoms with E-state index in [1.165, 1.54) is 0 Å². The highest BCUT2D eigenvalue weighted by Crippen LogP contribution is 2.30. The average molecular weight is 356 g/mol. The number of carbonyl (C=O) groups excluding carboxylic acids is 2. The molecular weight excluding hydrogens is 332 g/mol. The van der Waals surface area contributed by atoms with Gasteiger partial charge in [0.05, 0.1) is 17.8 Å². The second kappa shape index (κ2) is 6.59. The van der Waals surface area contributed by atoms with Crippen molar-refractivity contribution in [2.24, 2.45) is 7.05 Å². The maximum atomic E-state index is 12.8. The van der Waals surface area contributed by atoms with Crippen molar-refractivity contribution in [3.8, 4) is 0 Å². The molecule has 2 aliphatic heterocycles. The number of aryl methyl sites for hydroxylation is 3. The number of hydrogen-bond donors (Lipinski definition) is 1. The van der Waals surface area contributed by atoms with Crippen LogP contribution in [0.1, 0.15) is 53.7 Å². The van der Waals surface area contributed by atoms with Crippen LogP contribution < -0.4 is 5.32 Å². The largest absolute Gasteiger partial charge is 0.345 e. The highest BCUT2D eigenvalue weighted by Gasteiger charge is 2.37. The van der Waals surface area contributed by atoms with Gasteiger partial charge in [-0.15, -0.1) is 0 Å². The Kier molecular flexibility index (Phi) is 4.26. The summed E-state index contributed by atoms with van der Waals surface area (Å²) < 4.78 is 3.84. The molecule has 2 aromatic rings. The quantitative estimate of drug-likeness (QED) is 0.891. The van der Waals surface area contributed by atoms with Crippen LogP contribution in [0.5, 0.6) is 0 Å². The summed E-state index contributed by atoms with van der Waals surface area (Å²) >= 11 is 0. The molecule has 1 fully saturated rings. The molecule has 2 aromatic heterocycles. The topological polar surface area (TPSA) is 85.1 Å². The lowest BCUT2D eigenvalue weighted by Crippen LogP contribution is -2.51. The second-order valence-electron chi connectivity index (χ2n) is 7.14. The third kappa shape index (κ3) is 2.89. The highest BCUT2D eigenvalue weighted by atomic mass is 16.2. The summed E-state index contributed by atoms with van der Waals surface area (Å²) in [4.78, 5) is 31.2. The maximum Gasteiger partial charge on any atom is 0.271 e. The zero-order valence-corrected chi connectivity index (χ0v) is 15.2. The van der Waals surface area contributed by atoms with Crippen LogP contribution in [0.15, 0.2) is 18.5 Å². The van der Waals surface area contributed by atoms with Gasteiger partial charge in [-0.3, -0.25) is 14.3 Å². The van der Waals surface area contributed by atoms with Crippen molar-refractivity contribution in [2.75, 3.05) is 7.05 Å². The molecule has 0 aliphatic carbocycles. The number of hydrogen-bond acceptors (Lipinski definition) is 4. The molecule has 0 bridgehead atoms. The standard InChI is InChI=1S/C18H24N6O2/c1-22-16(25)7-6-12(17(22)14-8-9-19-23(14)2)21-18(26)13-11-24-10-4-3-5-15(24)20-13/h8-9,11-12,17H,3-7,10H2,1-2H3,(H,21,26)/t12-,17-/m1/s1. The van der Waals surface area contributed by atoms with Gasteiger partial charge in [0.2, 0.25) is 5.91 Å². The van der Waals surface area contributed by atoms with Crippen LogP contribution in [0.4, 0.5) is 0 Å². The summed E-state index contributed by atoms with van der Waals surface area (Å²) in [6.45, 7) is 0.925. The molecule has 4 rings (SSSR count). The van der Waals surface area contributed by atoms with Crippen molar-refractivity contribution >= 4 is 11.8 Å². The van der Waals surface area contributed by atoms with Crippen LogP contribution in [-0.4, -0.2) is 49.1 Å². The first-order valence-corrected chi connectivity index (χ1v) is 9.15. The van der Waals surface area contributed by atoms with Crippen molar-refractivity contribution in [2.45, 2.75) is 50.7 Å². The van der Waals surface area contributed by atoms with Crippen LogP contribution in [-0.2, 0) is 24.8 Å². The summed E-state index contributed by atoms with van der Waals surface area (Å²) in [6.07, 6.45) is 7.77. The van der Waals surface area contributed by atoms with Gasteiger partial charge in [-0.2, -0.15) is 5.10 Å². The molecule has 0 radical (unpaired) electrons. The number of piperidine rings is 1. The van der Waals surface area contributed by atoms with Gasteiger partial charge in [0.1, 0.15) is 11.5 Å². The molecule has 8 heteroatoms. The lowest BCUT2D eigenvalue weighted by atomic mass is 9.93. The van der Waals surface area contributed by atoms with E-state index in [4.69, 9.17) is 0 Å². The number of imidazole rings is 1. The average Bonchev–Trinajstić information content (AvgIpc) is 3.24. The molecule has 0 spiro atoms. The Morgan fingerprint density at radius 1 is 1.27 bits per heavy atom. The summed E-state index contributed by atoms with van der Waals surface area (Å²) in [5, 5.41) is 7.33. The SMILES string of the molecule is CN1C(=O)CC[C@@H](NC(=O)c2cn3c(n2)CCCC3)[C@@H]1c1ccnn1C. The van der Waals surface area contributed by atoms with E-state index in [9.17, 15) is 9.59 Å². The molecule has 1 saturated heterocycles. The minimum Gasteiger partial charge on any atom is -0.345 e. The normalized spacial score (nSPS) is 23.0. The Morgan fingerprint density at radius 2 is 2.12 bits per heavy atom. The zero-order chi connectivity index (χ0) is 18.3.